The Morgan fingerprint density at radius 2 is 1.76 bits per heavy atom. The summed E-state index contributed by atoms with van der Waals surface area (Å²) in [4.78, 5) is 11.5. The number of halogens is 2. The van der Waals surface area contributed by atoms with Crippen LogP contribution in [-0.4, -0.2) is 9.67 Å². The van der Waals surface area contributed by atoms with Crippen LogP contribution in [0.3, 0.4) is 0 Å². The van der Waals surface area contributed by atoms with Gasteiger partial charge in [0.05, 0.1) is 15.6 Å². The summed E-state index contributed by atoms with van der Waals surface area (Å²) in [6.07, 6.45) is -0.880. The van der Waals surface area contributed by atoms with Gasteiger partial charge in [-0.15, -0.1) is 0 Å². The molecule has 1 heterocycles. The van der Waals surface area contributed by atoms with Crippen LogP contribution in [0.2, 0.25) is 10.0 Å². The van der Waals surface area contributed by atoms with Crippen LogP contribution in [0.5, 0.6) is 0 Å². The predicted molar refractivity (Wildman–Crippen MR) is 82.0 cm³/mol. The lowest BCUT2D eigenvalue weighted by atomic mass is 10.0. The maximum absolute atomic E-state index is 11.5. The zero-order valence-electron chi connectivity index (χ0n) is 11.0. The average Bonchev–Trinajstić information content (AvgIpc) is 2.76. The first kappa shape index (κ1) is 14.2. The summed E-state index contributed by atoms with van der Waals surface area (Å²) in [6.45, 7) is 0. The van der Waals surface area contributed by atoms with Crippen LogP contribution in [0.15, 0.2) is 45.6 Å². The molecule has 2 aromatic carbocycles. The summed E-state index contributed by atoms with van der Waals surface area (Å²) in [7, 11) is 1.63. The maximum atomic E-state index is 11.5. The lowest BCUT2D eigenvalue weighted by molar-refractivity contribution is 0.220. The lowest BCUT2D eigenvalue weighted by Crippen LogP contribution is -2.08. The third-order valence-electron chi connectivity index (χ3n) is 3.39. The number of nitrogens with zero attached hydrogens (tertiary/aromatic N) is 1. The first-order valence-corrected chi connectivity index (χ1v) is 6.95. The van der Waals surface area contributed by atoms with Crippen molar-refractivity contribution in [1.29, 1.82) is 0 Å². The van der Waals surface area contributed by atoms with E-state index >= 15 is 0 Å². The van der Waals surface area contributed by atoms with Crippen LogP contribution in [0.25, 0.3) is 11.1 Å². The normalized spacial score (nSPS) is 12.8. The van der Waals surface area contributed by atoms with E-state index < -0.39 is 11.9 Å². The topological polar surface area (TPSA) is 55.4 Å². The van der Waals surface area contributed by atoms with E-state index in [9.17, 15) is 9.90 Å². The number of aromatic nitrogens is 1. The standard InChI is InChI=1S/C15H11Cl2NO3/c1-18-12-5-3-9(7-13(12)21-15(18)20)14(19)8-2-4-10(16)11(17)6-8/h2-7,14,19H,1H3. The van der Waals surface area contributed by atoms with Crippen molar-refractivity contribution in [2.75, 3.05) is 0 Å². The van der Waals surface area contributed by atoms with Gasteiger partial charge in [-0.2, -0.15) is 0 Å². The molecule has 108 valence electrons. The van der Waals surface area contributed by atoms with Crippen LogP contribution in [-0.2, 0) is 7.05 Å². The molecule has 0 saturated heterocycles. The molecular formula is C15H11Cl2NO3. The van der Waals surface area contributed by atoms with Crippen LogP contribution in [0.1, 0.15) is 17.2 Å². The molecule has 21 heavy (non-hydrogen) atoms. The van der Waals surface area contributed by atoms with E-state index in [2.05, 4.69) is 0 Å². The predicted octanol–water partition coefficient (Wildman–Crippen LogP) is 3.52. The van der Waals surface area contributed by atoms with E-state index in [1.807, 2.05) is 0 Å². The molecule has 4 nitrogen and oxygen atoms in total. The van der Waals surface area contributed by atoms with Gasteiger partial charge in [0, 0.05) is 7.05 Å². The Labute approximate surface area is 130 Å². The molecule has 1 aromatic heterocycles. The van der Waals surface area contributed by atoms with Gasteiger partial charge in [-0.05, 0) is 35.4 Å². The SMILES string of the molecule is Cn1c(=O)oc2cc(C(O)c3ccc(Cl)c(Cl)c3)ccc21. The van der Waals surface area contributed by atoms with E-state index in [1.54, 1.807) is 43.4 Å². The van der Waals surface area contributed by atoms with Crippen molar-refractivity contribution in [3.05, 3.63) is 68.1 Å². The minimum absolute atomic E-state index is 0.375. The van der Waals surface area contributed by atoms with Crippen LogP contribution >= 0.6 is 23.2 Å². The van der Waals surface area contributed by atoms with E-state index in [0.717, 1.165) is 0 Å². The Kier molecular flexibility index (Phi) is 3.53. The molecule has 0 radical (unpaired) electrons. The molecule has 0 aliphatic heterocycles. The molecule has 0 saturated carbocycles. The first-order chi connectivity index (χ1) is 9.97. The van der Waals surface area contributed by atoms with Gasteiger partial charge >= 0.3 is 5.76 Å². The average molecular weight is 324 g/mol. The summed E-state index contributed by atoms with van der Waals surface area (Å²) in [5.41, 5.74) is 2.32. The minimum atomic E-state index is -0.880. The number of aliphatic hydroxyl groups excluding tert-OH is 1. The Morgan fingerprint density at radius 3 is 2.48 bits per heavy atom. The van der Waals surface area contributed by atoms with E-state index in [0.29, 0.717) is 32.3 Å². The number of oxazole rings is 1. The van der Waals surface area contributed by atoms with E-state index in [-0.39, 0.29) is 0 Å². The molecular weight excluding hydrogens is 313 g/mol. The fraction of sp³-hybridized carbons (Fsp3) is 0.133. The molecule has 1 N–H and O–H groups in total. The molecule has 3 rings (SSSR count). The van der Waals surface area contributed by atoms with Crippen molar-refractivity contribution in [3.8, 4) is 0 Å². The molecule has 6 heteroatoms. The Bertz CT molecular complexity index is 882. The van der Waals surface area contributed by atoms with Crippen LogP contribution in [0, 0.1) is 0 Å². The van der Waals surface area contributed by atoms with Gasteiger partial charge in [-0.25, -0.2) is 4.79 Å². The van der Waals surface area contributed by atoms with Crippen molar-refractivity contribution < 1.29 is 9.52 Å². The zero-order chi connectivity index (χ0) is 15.1. The van der Waals surface area contributed by atoms with Crippen molar-refractivity contribution in [3.63, 3.8) is 0 Å². The highest BCUT2D eigenvalue weighted by Crippen LogP contribution is 2.29. The fourth-order valence-corrected chi connectivity index (χ4v) is 2.50. The summed E-state index contributed by atoms with van der Waals surface area (Å²) < 4.78 is 6.52. The highest BCUT2D eigenvalue weighted by molar-refractivity contribution is 6.42. The molecule has 0 aliphatic carbocycles. The van der Waals surface area contributed by atoms with Crippen molar-refractivity contribution in [2.45, 2.75) is 6.10 Å². The molecule has 3 aromatic rings. The molecule has 0 fully saturated rings. The second kappa shape index (κ2) is 5.22. The first-order valence-electron chi connectivity index (χ1n) is 6.20. The van der Waals surface area contributed by atoms with Crippen LogP contribution < -0.4 is 5.76 Å². The molecule has 1 atom stereocenters. The number of fused-ring (bicyclic) bond motifs is 1. The van der Waals surface area contributed by atoms with E-state index in [4.69, 9.17) is 27.6 Å². The molecule has 0 amide bonds. The third kappa shape index (κ3) is 2.46. The van der Waals surface area contributed by atoms with Gasteiger partial charge in [-0.3, -0.25) is 4.57 Å². The quantitative estimate of drug-likeness (QED) is 0.785. The van der Waals surface area contributed by atoms with Gasteiger partial charge in [0.2, 0.25) is 0 Å². The highest BCUT2D eigenvalue weighted by Gasteiger charge is 2.14. The van der Waals surface area contributed by atoms with E-state index in [1.165, 1.54) is 4.57 Å². The van der Waals surface area contributed by atoms with Gasteiger partial charge in [-0.1, -0.05) is 35.3 Å². The minimum Gasteiger partial charge on any atom is -0.408 e. The summed E-state index contributed by atoms with van der Waals surface area (Å²) in [6, 6.07) is 10.1. The monoisotopic (exact) mass is 323 g/mol. The summed E-state index contributed by atoms with van der Waals surface area (Å²) in [5.74, 6) is -0.439. The van der Waals surface area contributed by atoms with Gasteiger partial charge in [0.25, 0.3) is 0 Å². The summed E-state index contributed by atoms with van der Waals surface area (Å²) in [5, 5.41) is 11.2. The zero-order valence-corrected chi connectivity index (χ0v) is 12.5. The number of hydrogen-bond acceptors (Lipinski definition) is 3. The fourth-order valence-electron chi connectivity index (χ4n) is 2.20. The number of aliphatic hydroxyl groups is 1. The Hall–Kier alpha value is -1.75. The molecule has 0 bridgehead atoms. The molecule has 0 spiro atoms. The Balaban J connectivity index is 2.06. The smallest absolute Gasteiger partial charge is 0.408 e. The largest absolute Gasteiger partial charge is 0.419 e. The summed E-state index contributed by atoms with van der Waals surface area (Å²) >= 11 is 11.8. The van der Waals surface area contributed by atoms with Gasteiger partial charge < -0.3 is 9.52 Å². The molecule has 1 unspecified atom stereocenters. The number of aryl methyl sites for hydroxylation is 1. The Morgan fingerprint density at radius 1 is 1.10 bits per heavy atom. The van der Waals surface area contributed by atoms with Crippen molar-refractivity contribution >= 4 is 34.3 Å². The number of hydrogen-bond donors (Lipinski definition) is 1. The van der Waals surface area contributed by atoms with Crippen molar-refractivity contribution in [2.24, 2.45) is 7.05 Å². The van der Waals surface area contributed by atoms with Crippen molar-refractivity contribution in [1.82, 2.24) is 4.57 Å². The lowest BCUT2D eigenvalue weighted by Gasteiger charge is -2.12. The molecule has 0 aliphatic rings. The third-order valence-corrected chi connectivity index (χ3v) is 4.13. The number of benzene rings is 2. The van der Waals surface area contributed by atoms with Crippen LogP contribution in [0.4, 0.5) is 0 Å². The highest BCUT2D eigenvalue weighted by atomic mass is 35.5. The number of rotatable bonds is 2. The second-order valence-corrected chi connectivity index (χ2v) is 5.54. The van der Waals surface area contributed by atoms with Gasteiger partial charge in [0.1, 0.15) is 6.10 Å². The maximum Gasteiger partial charge on any atom is 0.419 e. The second-order valence-electron chi connectivity index (χ2n) is 4.73. The van der Waals surface area contributed by atoms with Gasteiger partial charge in [0.15, 0.2) is 5.58 Å².